The molecule has 6 N–H and O–H groups in total. The van der Waals surface area contributed by atoms with Gasteiger partial charge in [0.2, 0.25) is 0 Å². The number of rotatable bonds is 14. The first-order chi connectivity index (χ1) is 60.0. The number of anilines is 1. The molecular weight excluding hydrogens is 1980 g/mol. The number of hydrogen-bond donors (Lipinski definition) is 6. The molecule has 0 amide bonds. The minimum atomic E-state index is -1.03. The van der Waals surface area contributed by atoms with Crippen LogP contribution < -0.4 is 32.5 Å². The number of carbonyl (C=O) groups is 5. The molecule has 5 aromatic heterocycles. The molecular formula is C95H74Br4Cl5FN6O15. The maximum atomic E-state index is 13.8. The minimum absolute atomic E-state index is 0.0549. The van der Waals surface area contributed by atoms with Crippen LogP contribution in [0, 0.1) is 5.82 Å². The highest BCUT2D eigenvalue weighted by Crippen LogP contribution is 2.41. The first kappa shape index (κ1) is 91.6. The maximum absolute atomic E-state index is 13.8. The second kappa shape index (κ2) is 38.1. The molecule has 644 valence electrons. The van der Waals surface area contributed by atoms with Gasteiger partial charge >= 0.3 is 23.9 Å². The zero-order valence-electron chi connectivity index (χ0n) is 67.0. The van der Waals surface area contributed by atoms with Crippen LogP contribution >= 0.6 is 122 Å². The molecule has 2 saturated carbocycles. The van der Waals surface area contributed by atoms with Gasteiger partial charge in [-0.25, -0.2) is 4.39 Å². The Morgan fingerprint density at radius 3 is 1.27 bits per heavy atom. The number of carboxylic acids is 4. The summed E-state index contributed by atoms with van der Waals surface area (Å²) in [6.45, 7) is 5.12. The van der Waals surface area contributed by atoms with E-state index in [1.54, 1.807) is 120 Å². The van der Waals surface area contributed by atoms with Crippen molar-refractivity contribution in [2.75, 3.05) is 5.32 Å². The molecule has 0 saturated heterocycles. The third-order valence-electron chi connectivity index (χ3n) is 22.6. The highest BCUT2D eigenvalue weighted by atomic mass is 79.9. The van der Waals surface area contributed by atoms with E-state index >= 15 is 0 Å². The number of benzene rings is 11. The Morgan fingerprint density at radius 1 is 0.413 bits per heavy atom. The van der Waals surface area contributed by atoms with E-state index in [0.717, 1.165) is 72.8 Å². The van der Waals surface area contributed by atoms with Crippen LogP contribution in [0.1, 0.15) is 82.8 Å². The van der Waals surface area contributed by atoms with Gasteiger partial charge in [0, 0.05) is 65.6 Å². The highest BCUT2D eigenvalue weighted by molar-refractivity contribution is 9.11. The number of carboxylic acid groups (broad SMARTS) is 4. The van der Waals surface area contributed by atoms with Crippen LogP contribution in [0.3, 0.4) is 0 Å². The molecule has 126 heavy (non-hydrogen) atoms. The molecule has 11 aromatic carbocycles. The van der Waals surface area contributed by atoms with Gasteiger partial charge in [-0.15, -0.1) is 0 Å². The number of carbonyl (C=O) groups excluding carboxylic acids is 1. The van der Waals surface area contributed by atoms with E-state index in [4.69, 9.17) is 58.0 Å². The lowest BCUT2D eigenvalue weighted by molar-refractivity contribution is -0.138. The second-order valence-electron chi connectivity index (χ2n) is 31.5. The Morgan fingerprint density at radius 2 is 0.802 bits per heavy atom. The Hall–Kier alpha value is -10.6. The normalized spacial score (nSPS) is 14.0. The number of nitrogens with one attached hydrogen (secondary N) is 1. The van der Waals surface area contributed by atoms with Crippen LogP contribution in [0.4, 0.5) is 10.1 Å². The van der Waals surface area contributed by atoms with Crippen LogP contribution in [-0.2, 0) is 62.1 Å². The molecule has 2 aliphatic rings. The largest absolute Gasteiger partial charge is 0.480 e. The van der Waals surface area contributed by atoms with Crippen LogP contribution in [-0.4, -0.2) is 90.7 Å². The summed E-state index contributed by atoms with van der Waals surface area (Å²) in [4.78, 5) is 121. The quantitative estimate of drug-likeness (QED) is 0.0435. The number of aliphatic hydroxyl groups excluding tert-OH is 1. The number of aldehydes is 1. The van der Waals surface area contributed by atoms with E-state index < -0.39 is 29.7 Å². The van der Waals surface area contributed by atoms with Crippen molar-refractivity contribution in [3.63, 3.8) is 0 Å². The fraction of sp³-hybridized carbons (Fsp3) is 0.200. The van der Waals surface area contributed by atoms with E-state index in [-0.39, 0.29) is 91.8 Å². The number of pyridine rings is 5. The zero-order chi connectivity index (χ0) is 90.3. The van der Waals surface area contributed by atoms with Gasteiger partial charge in [0.15, 0.2) is 27.1 Å². The van der Waals surface area contributed by atoms with Crippen molar-refractivity contribution in [3.05, 3.63) is 299 Å². The monoisotopic (exact) mass is 2050 g/mol. The summed E-state index contributed by atoms with van der Waals surface area (Å²) in [6.07, 6.45) is 7.13. The van der Waals surface area contributed by atoms with Crippen molar-refractivity contribution in [1.29, 1.82) is 0 Å². The number of nitrogens with zero attached hydrogens (tertiary/aromatic N) is 5. The zero-order valence-corrected chi connectivity index (χ0v) is 77.2. The van der Waals surface area contributed by atoms with Crippen molar-refractivity contribution in [2.24, 2.45) is 0 Å². The molecule has 16 aromatic rings. The molecule has 5 heterocycles. The standard InChI is InChI=1S/C21H13BrClNO3.C21H19Cl2NO4.C19H16BrClN2O3.C19H17BrClNO3.C15H9BrFNO2/c22-19-16(23)9-8-15-20(19)24(11-18(25)26)17-10-13(6-7-14(17)21(15)27)12-4-2-1-3-5-12;22-16-8-7-15-20(19(16)23)24(10-18(26)27)17-9-12(3-6-14(17)21(15)28)11-1-4-13(25)5-2-11;20-17-14(21)7-6-13-18(17)23(9-16(24)25)15-8-11(22-10-2-1-3-10)4-5-12(15)19(13)26;1-19(2,3)10-4-5-11-14(8-10)22(9-15(23)24)17-12(18(11)25)6-7-13(21)16(17)20;16-13-11(17)6-5-10-14(13)18(7-8-19)12-4-2-1-3-9(12)15(10)20/h1-10H,11H2,(H,25,26);3,6-9,11,13,25H,1-2,4-5,10H2,(H,26,27);4-8,10,22H,1-3,9H2,(H,24,25);4-8H,9H2,1-3H3,(H,23,24);1-6,8H,7H2. The maximum Gasteiger partial charge on any atom is 0.323 e. The number of aliphatic hydroxyl groups is 1. The van der Waals surface area contributed by atoms with E-state index in [1.165, 1.54) is 18.6 Å². The Bertz CT molecular complexity index is 7560. The van der Waals surface area contributed by atoms with Crippen LogP contribution in [0.15, 0.2) is 230 Å². The fourth-order valence-corrected chi connectivity index (χ4v) is 19.4. The van der Waals surface area contributed by atoms with Crippen molar-refractivity contribution in [1.82, 2.24) is 22.8 Å². The van der Waals surface area contributed by atoms with Gasteiger partial charge in [-0.3, -0.25) is 43.2 Å². The van der Waals surface area contributed by atoms with Gasteiger partial charge in [0.05, 0.1) is 111 Å². The van der Waals surface area contributed by atoms with Crippen LogP contribution in [0.5, 0.6) is 0 Å². The first-order valence-electron chi connectivity index (χ1n) is 39.5. The molecule has 2 aliphatic carbocycles. The van der Waals surface area contributed by atoms with Gasteiger partial charge < -0.3 is 58.5 Å². The summed E-state index contributed by atoms with van der Waals surface area (Å²) in [5.41, 5.74) is 9.02. The predicted molar refractivity (Wildman–Crippen MR) is 514 cm³/mol. The summed E-state index contributed by atoms with van der Waals surface area (Å²) in [6, 6.07) is 54.9. The second-order valence-corrected chi connectivity index (χ2v) is 36.7. The molecule has 21 nitrogen and oxygen atoms in total. The smallest absolute Gasteiger partial charge is 0.323 e. The molecule has 0 bridgehead atoms. The summed E-state index contributed by atoms with van der Waals surface area (Å²) in [7, 11) is 0. The predicted octanol–water partition coefficient (Wildman–Crippen LogP) is 22.7. The third-order valence-corrected chi connectivity index (χ3v) is 28.1. The Labute approximate surface area is 774 Å². The average molecular weight is 2060 g/mol. The summed E-state index contributed by atoms with van der Waals surface area (Å²) in [5, 5.41) is 57.1. The van der Waals surface area contributed by atoms with Gasteiger partial charge in [-0.2, -0.15) is 0 Å². The van der Waals surface area contributed by atoms with Gasteiger partial charge in [0.25, 0.3) is 0 Å². The number of halogens is 10. The van der Waals surface area contributed by atoms with Gasteiger partial charge in [-0.05, 0) is 270 Å². The number of aliphatic carboxylic acids is 4. The highest BCUT2D eigenvalue weighted by Gasteiger charge is 2.28. The van der Waals surface area contributed by atoms with E-state index in [9.17, 15) is 77.9 Å². The van der Waals surface area contributed by atoms with Crippen molar-refractivity contribution < 1.29 is 53.9 Å². The molecule has 2 fully saturated rings. The SMILES string of the molecule is CC(C)(C)c1ccc2c(=O)c3ccc(Cl)c(Br)c3n(CC(=O)O)c2c1.O=C(O)Cn1c2cc(-c3ccccc3)ccc2c(=O)c2ccc(Cl)c(Br)c21.O=C(O)Cn1c2cc(C3CCC(O)CC3)ccc2c(=O)c2ccc(Cl)c(Cl)c21.O=C(O)Cn1c2cc(NC3CCC3)ccc2c(=O)c2ccc(Cl)c(Br)c21.O=CCn1c2ccccc2c(=O)c2ccc(F)c(Br)c21. The third kappa shape index (κ3) is 18.5. The van der Waals surface area contributed by atoms with Gasteiger partial charge in [0.1, 0.15) is 38.3 Å². The summed E-state index contributed by atoms with van der Waals surface area (Å²) >= 11 is 44.6. The Kier molecular flexibility index (Phi) is 27.7. The van der Waals surface area contributed by atoms with E-state index in [0.29, 0.717) is 144 Å². The number of para-hydroxylation sites is 1. The lowest BCUT2D eigenvalue weighted by Gasteiger charge is -2.27. The molecule has 31 heteroatoms. The van der Waals surface area contributed by atoms with Crippen LogP contribution in [0.25, 0.3) is 120 Å². The fourth-order valence-electron chi connectivity index (χ4n) is 16.2. The number of hydrogen-bond acceptors (Lipinski definition) is 12. The lowest BCUT2D eigenvalue weighted by atomic mass is 9.82. The average Bonchev–Trinajstić information content (AvgIpc) is 0.753. The summed E-state index contributed by atoms with van der Waals surface area (Å²) in [5.74, 6) is -4.20. The van der Waals surface area contributed by atoms with Crippen molar-refractivity contribution in [2.45, 2.75) is 122 Å². The minimum Gasteiger partial charge on any atom is -0.480 e. The molecule has 0 aliphatic heterocycles. The lowest BCUT2D eigenvalue weighted by Crippen LogP contribution is -2.27. The topological polar surface area (TPSA) is 309 Å². The first-order valence-corrected chi connectivity index (χ1v) is 44.6. The van der Waals surface area contributed by atoms with E-state index in [1.807, 2.05) is 78.9 Å². The van der Waals surface area contributed by atoms with Gasteiger partial charge in [-0.1, -0.05) is 139 Å². The molecule has 0 unspecified atom stereocenters. The molecule has 0 radical (unpaired) electrons. The number of aromatic nitrogens is 5. The van der Waals surface area contributed by atoms with E-state index in [2.05, 4.69) is 89.8 Å². The van der Waals surface area contributed by atoms with Crippen molar-refractivity contribution in [3.8, 4) is 11.1 Å². The molecule has 0 atom stereocenters. The van der Waals surface area contributed by atoms with Crippen LogP contribution in [0.2, 0.25) is 25.1 Å². The molecule has 18 rings (SSSR count). The van der Waals surface area contributed by atoms with Crippen molar-refractivity contribution >= 4 is 267 Å². The summed E-state index contributed by atoms with van der Waals surface area (Å²) < 4.78 is 23.6. The number of fused-ring (bicyclic) bond motifs is 10. The molecule has 0 spiro atoms. The Balaban J connectivity index is 0.000000128.